The molecule has 0 aromatic carbocycles. The second-order valence-electron chi connectivity index (χ2n) is 14.4. The number of allylic oxidation sites excluding steroid dienone is 4. The molecule has 4 heteroatoms. The summed E-state index contributed by atoms with van der Waals surface area (Å²) in [7, 11) is 1.56. The van der Waals surface area contributed by atoms with Crippen LogP contribution in [0.2, 0.25) is 0 Å². The quantitative estimate of drug-likeness (QED) is 0.291. The van der Waals surface area contributed by atoms with Crippen molar-refractivity contribution in [3.05, 3.63) is 23.3 Å². The summed E-state index contributed by atoms with van der Waals surface area (Å²) in [5.74, 6) is 1.84. The molecule has 0 spiro atoms. The number of methoxy groups -OCH3 is 1. The Bertz CT molecular complexity index is 1110. The minimum atomic E-state index is -0.527. The van der Waals surface area contributed by atoms with Gasteiger partial charge in [-0.15, -0.1) is 0 Å². The molecule has 0 amide bonds. The maximum Gasteiger partial charge on any atom is 0.312 e. The van der Waals surface area contributed by atoms with Crippen molar-refractivity contribution in [2.75, 3.05) is 7.11 Å². The molecule has 196 valence electrons. The van der Waals surface area contributed by atoms with Crippen molar-refractivity contribution in [1.29, 1.82) is 5.26 Å². The van der Waals surface area contributed by atoms with E-state index in [9.17, 15) is 14.9 Å². The summed E-state index contributed by atoms with van der Waals surface area (Å²) in [6.07, 6.45) is 11.5. The number of nitriles is 1. The highest BCUT2D eigenvalue weighted by atomic mass is 16.5. The average molecular weight is 492 g/mol. The molecule has 0 aromatic heterocycles. The topological polar surface area (TPSA) is 67.2 Å². The molecular weight excluding hydrogens is 446 g/mol. The van der Waals surface area contributed by atoms with Gasteiger partial charge in [0.15, 0.2) is 5.78 Å². The molecule has 5 rings (SSSR count). The van der Waals surface area contributed by atoms with Crippen molar-refractivity contribution in [2.24, 2.45) is 56.7 Å². The number of hydrogen-bond acceptors (Lipinski definition) is 4. The summed E-state index contributed by atoms with van der Waals surface area (Å²) in [6, 6.07) is 2.26. The van der Waals surface area contributed by atoms with E-state index in [0.29, 0.717) is 23.3 Å². The lowest BCUT2D eigenvalue weighted by molar-refractivity contribution is -0.179. The number of nitrogens with zero attached hydrogens (tertiary/aromatic N) is 1. The first kappa shape index (κ1) is 25.7. The van der Waals surface area contributed by atoms with Gasteiger partial charge in [0.2, 0.25) is 0 Å². The Hall–Kier alpha value is -1.89. The zero-order valence-electron chi connectivity index (χ0n) is 23.7. The lowest BCUT2D eigenvalue weighted by Crippen LogP contribution is -2.64. The van der Waals surface area contributed by atoms with Gasteiger partial charge in [0, 0.05) is 5.41 Å². The monoisotopic (exact) mass is 491 g/mol. The SMILES string of the molecule is COC(=O)[C@]12CC[C@@H](C)[C@H](C)C1C1=CC[C@@H]3[C@@]4(C)C=C(C#N)C(=O)C(C)(C)[C@@H]4CC[C@@]3(C)[C@]1(C)CC2. The Balaban J connectivity index is 1.67. The van der Waals surface area contributed by atoms with Gasteiger partial charge in [-0.05, 0) is 90.8 Å². The van der Waals surface area contributed by atoms with E-state index in [1.165, 1.54) is 5.57 Å². The molecule has 0 saturated heterocycles. The number of rotatable bonds is 1. The maximum absolute atomic E-state index is 13.4. The first-order valence-electron chi connectivity index (χ1n) is 14.2. The summed E-state index contributed by atoms with van der Waals surface area (Å²) < 4.78 is 5.49. The van der Waals surface area contributed by atoms with Gasteiger partial charge in [0.25, 0.3) is 0 Å². The Morgan fingerprint density at radius 1 is 1.03 bits per heavy atom. The summed E-state index contributed by atoms with van der Waals surface area (Å²) in [6.45, 7) is 16.2. The van der Waals surface area contributed by atoms with Crippen molar-refractivity contribution in [1.82, 2.24) is 0 Å². The number of hydrogen-bond donors (Lipinski definition) is 0. The molecule has 5 aliphatic rings. The van der Waals surface area contributed by atoms with Crippen LogP contribution in [0, 0.1) is 68.0 Å². The highest BCUT2D eigenvalue weighted by molar-refractivity contribution is 6.04. The van der Waals surface area contributed by atoms with Gasteiger partial charge in [-0.3, -0.25) is 9.59 Å². The number of carbonyl (C=O) groups is 2. The van der Waals surface area contributed by atoms with Crippen molar-refractivity contribution < 1.29 is 14.3 Å². The number of ether oxygens (including phenoxy) is 1. The molecular formula is C32H45NO3. The number of ketones is 1. The third-order valence-electron chi connectivity index (χ3n) is 13.0. The number of fused-ring (bicyclic) bond motifs is 7. The predicted octanol–water partition coefficient (Wildman–Crippen LogP) is 7.06. The van der Waals surface area contributed by atoms with E-state index >= 15 is 0 Å². The van der Waals surface area contributed by atoms with Crippen LogP contribution in [-0.2, 0) is 14.3 Å². The van der Waals surface area contributed by atoms with E-state index in [0.717, 1.165) is 44.9 Å². The fourth-order valence-electron chi connectivity index (χ4n) is 10.6. The van der Waals surface area contributed by atoms with E-state index in [1.807, 2.05) is 0 Å². The first-order valence-corrected chi connectivity index (χ1v) is 14.2. The van der Waals surface area contributed by atoms with Crippen LogP contribution in [0.1, 0.15) is 93.4 Å². The van der Waals surface area contributed by atoms with Crippen LogP contribution in [0.5, 0.6) is 0 Å². The summed E-state index contributed by atoms with van der Waals surface area (Å²) in [5.41, 5.74) is 0.760. The Morgan fingerprint density at radius 3 is 2.36 bits per heavy atom. The lowest BCUT2D eigenvalue weighted by Gasteiger charge is -2.70. The summed E-state index contributed by atoms with van der Waals surface area (Å²) in [4.78, 5) is 26.6. The minimum absolute atomic E-state index is 0.00807. The van der Waals surface area contributed by atoms with E-state index in [4.69, 9.17) is 4.74 Å². The Morgan fingerprint density at radius 2 is 1.72 bits per heavy atom. The van der Waals surface area contributed by atoms with Crippen molar-refractivity contribution >= 4 is 11.8 Å². The van der Waals surface area contributed by atoms with Gasteiger partial charge in [-0.25, -0.2) is 0 Å². The molecule has 1 unspecified atom stereocenters. The minimum Gasteiger partial charge on any atom is -0.469 e. The van der Waals surface area contributed by atoms with Crippen LogP contribution in [0.25, 0.3) is 0 Å². The second kappa shape index (κ2) is 7.81. The van der Waals surface area contributed by atoms with Crippen LogP contribution < -0.4 is 0 Å². The normalized spacial score (nSPS) is 49.2. The predicted molar refractivity (Wildman–Crippen MR) is 140 cm³/mol. The molecule has 0 heterocycles. The van der Waals surface area contributed by atoms with E-state index in [1.54, 1.807) is 7.11 Å². The number of carbonyl (C=O) groups excluding carboxylic acids is 2. The standard InChI is InChI=1S/C32H45NO3/c1-19-11-14-32(27(35)36-8)16-15-30(6)22(25(32)20(19)2)9-10-24-29(5)17-21(18-33)26(34)28(3,4)23(29)12-13-31(24,30)7/h9,17,19-20,23-25H,10-16H2,1-8H3/t19-,20+,23+,24-,25?,29+,30-,31-,32+/m1/s1. The molecule has 4 nitrogen and oxygen atoms in total. The van der Waals surface area contributed by atoms with Gasteiger partial charge < -0.3 is 4.74 Å². The fraction of sp³-hybridized carbons (Fsp3) is 0.781. The van der Waals surface area contributed by atoms with E-state index < -0.39 is 10.8 Å². The zero-order valence-corrected chi connectivity index (χ0v) is 23.7. The molecule has 0 aromatic rings. The van der Waals surface area contributed by atoms with Crippen LogP contribution >= 0.6 is 0 Å². The lowest BCUT2D eigenvalue weighted by atomic mass is 9.34. The zero-order chi connectivity index (χ0) is 26.5. The van der Waals surface area contributed by atoms with Crippen LogP contribution in [0.3, 0.4) is 0 Å². The van der Waals surface area contributed by atoms with Crippen molar-refractivity contribution in [3.63, 3.8) is 0 Å². The van der Waals surface area contributed by atoms with Crippen molar-refractivity contribution in [3.8, 4) is 6.07 Å². The largest absolute Gasteiger partial charge is 0.469 e. The number of esters is 1. The molecule has 9 atom stereocenters. The van der Waals surface area contributed by atoms with Crippen LogP contribution in [-0.4, -0.2) is 18.9 Å². The highest BCUT2D eigenvalue weighted by Crippen LogP contribution is 2.75. The molecule has 0 aliphatic heterocycles. The molecule has 5 aliphatic carbocycles. The maximum atomic E-state index is 13.4. The molecule has 0 radical (unpaired) electrons. The van der Waals surface area contributed by atoms with Crippen LogP contribution in [0.15, 0.2) is 23.3 Å². The Kier molecular flexibility index (Phi) is 5.59. The number of Topliss-reactive ketones (excluding diaryl/α,β-unsaturated/α-hetero) is 1. The van der Waals surface area contributed by atoms with Crippen molar-refractivity contribution in [2.45, 2.75) is 93.4 Å². The van der Waals surface area contributed by atoms with Gasteiger partial charge in [-0.2, -0.15) is 5.26 Å². The van der Waals surface area contributed by atoms with Gasteiger partial charge >= 0.3 is 5.97 Å². The van der Waals surface area contributed by atoms with Gasteiger partial charge in [0.05, 0.1) is 18.1 Å². The molecule has 0 bridgehead atoms. The third kappa shape index (κ3) is 2.87. The van der Waals surface area contributed by atoms with Crippen LogP contribution in [0.4, 0.5) is 0 Å². The second-order valence-corrected chi connectivity index (χ2v) is 14.4. The molecule has 3 fully saturated rings. The smallest absolute Gasteiger partial charge is 0.312 e. The molecule has 3 saturated carbocycles. The van der Waals surface area contributed by atoms with E-state index in [-0.39, 0.29) is 39.8 Å². The first-order chi connectivity index (χ1) is 16.7. The Labute approximate surface area is 217 Å². The summed E-state index contributed by atoms with van der Waals surface area (Å²) >= 11 is 0. The molecule has 36 heavy (non-hydrogen) atoms. The van der Waals surface area contributed by atoms with E-state index in [2.05, 4.69) is 66.7 Å². The third-order valence-corrected chi connectivity index (χ3v) is 13.0. The highest BCUT2D eigenvalue weighted by Gasteiger charge is 2.69. The molecule has 0 N–H and O–H groups in total. The fourth-order valence-corrected chi connectivity index (χ4v) is 10.6. The average Bonchev–Trinajstić information content (AvgIpc) is 2.83. The summed E-state index contributed by atoms with van der Waals surface area (Å²) in [5, 5.41) is 9.89. The van der Waals surface area contributed by atoms with Gasteiger partial charge in [0.1, 0.15) is 6.07 Å². The van der Waals surface area contributed by atoms with Gasteiger partial charge in [-0.1, -0.05) is 66.2 Å².